The van der Waals surface area contributed by atoms with E-state index in [-0.39, 0.29) is 31.9 Å². The molecular formula is C30H41Cl3N2O4. The second-order valence-corrected chi connectivity index (χ2v) is 11.0. The van der Waals surface area contributed by atoms with E-state index in [1.165, 1.54) is 76.0 Å². The Kier molecular flexibility index (Phi) is 15.7. The van der Waals surface area contributed by atoms with E-state index in [1.54, 1.807) is 13.0 Å². The highest BCUT2D eigenvalue weighted by molar-refractivity contribution is 6.42. The zero-order chi connectivity index (χ0) is 28.6. The molecule has 2 amide bonds. The van der Waals surface area contributed by atoms with Crippen molar-refractivity contribution in [1.82, 2.24) is 5.32 Å². The first-order valence-electron chi connectivity index (χ1n) is 13.9. The Morgan fingerprint density at radius 2 is 1.28 bits per heavy atom. The van der Waals surface area contributed by atoms with Gasteiger partial charge in [-0.25, -0.2) is 0 Å². The lowest BCUT2D eigenvalue weighted by Crippen LogP contribution is -2.28. The molecule has 0 saturated heterocycles. The lowest BCUT2D eigenvalue weighted by atomic mass is 10.1. The summed E-state index contributed by atoms with van der Waals surface area (Å²) in [4.78, 5) is 25.9. The van der Waals surface area contributed by atoms with Crippen LogP contribution in [0.3, 0.4) is 0 Å². The molecule has 0 aliphatic heterocycles. The van der Waals surface area contributed by atoms with Gasteiger partial charge in [-0.2, -0.15) is 0 Å². The van der Waals surface area contributed by atoms with E-state index in [4.69, 9.17) is 39.5 Å². The first-order chi connectivity index (χ1) is 18.7. The molecule has 0 heterocycles. The Hall–Kier alpha value is -1.99. The topological polar surface area (TPSA) is 87.7 Å². The molecule has 0 saturated carbocycles. The molecule has 2 aromatic rings. The van der Waals surface area contributed by atoms with Crippen LogP contribution in [0.1, 0.15) is 104 Å². The number of aromatic hydroxyl groups is 1. The Labute approximate surface area is 247 Å². The van der Waals surface area contributed by atoms with E-state index in [1.807, 2.05) is 0 Å². The van der Waals surface area contributed by atoms with Gasteiger partial charge in [0.1, 0.15) is 5.75 Å². The highest BCUT2D eigenvalue weighted by Gasteiger charge is 2.20. The maximum atomic E-state index is 13.0. The Morgan fingerprint density at radius 3 is 1.87 bits per heavy atom. The molecule has 2 rings (SSSR count). The van der Waals surface area contributed by atoms with E-state index >= 15 is 0 Å². The number of anilines is 1. The zero-order valence-corrected chi connectivity index (χ0v) is 25.3. The van der Waals surface area contributed by atoms with E-state index in [0.29, 0.717) is 30.8 Å². The van der Waals surface area contributed by atoms with Crippen molar-refractivity contribution in [3.05, 3.63) is 56.0 Å². The van der Waals surface area contributed by atoms with E-state index in [2.05, 4.69) is 17.6 Å². The minimum atomic E-state index is -0.556. The zero-order valence-electron chi connectivity index (χ0n) is 23.0. The summed E-state index contributed by atoms with van der Waals surface area (Å²) < 4.78 is 5.70. The predicted octanol–water partition coefficient (Wildman–Crippen LogP) is 8.97. The van der Waals surface area contributed by atoms with Crippen LogP contribution in [0.2, 0.25) is 15.1 Å². The molecule has 9 heteroatoms. The summed E-state index contributed by atoms with van der Waals surface area (Å²) in [7, 11) is 0. The van der Waals surface area contributed by atoms with Gasteiger partial charge in [0, 0.05) is 25.4 Å². The van der Waals surface area contributed by atoms with Crippen molar-refractivity contribution in [2.45, 2.75) is 84.5 Å². The number of benzene rings is 2. The van der Waals surface area contributed by atoms with Crippen LogP contribution in [-0.2, 0) is 4.74 Å². The van der Waals surface area contributed by atoms with Crippen LogP contribution in [-0.4, -0.2) is 36.7 Å². The molecule has 0 spiro atoms. The van der Waals surface area contributed by atoms with Gasteiger partial charge in [-0.3, -0.25) is 9.59 Å². The number of aryl methyl sites for hydroxylation is 1. The lowest BCUT2D eigenvalue weighted by Gasteiger charge is -2.13. The van der Waals surface area contributed by atoms with E-state index < -0.39 is 11.8 Å². The quantitative estimate of drug-likeness (QED) is 0.118. The summed E-state index contributed by atoms with van der Waals surface area (Å²) in [6.07, 6.45) is 13.5. The van der Waals surface area contributed by atoms with Gasteiger partial charge >= 0.3 is 0 Å². The molecule has 0 bridgehead atoms. The Balaban J connectivity index is 1.73. The monoisotopic (exact) mass is 598 g/mol. The Morgan fingerprint density at radius 1 is 0.744 bits per heavy atom. The number of amides is 2. The van der Waals surface area contributed by atoms with Crippen LogP contribution < -0.4 is 10.6 Å². The molecule has 39 heavy (non-hydrogen) atoms. The molecule has 3 N–H and O–H groups in total. The maximum Gasteiger partial charge on any atom is 0.256 e. The molecule has 2 aromatic carbocycles. The molecule has 216 valence electrons. The SMILES string of the molecule is CCCCCCCCCCCCOCCCNC(=O)c1cc(Cl)c(Cl)cc1C(=O)Nc1cc(C)c(O)c(Cl)c1. The summed E-state index contributed by atoms with van der Waals surface area (Å²) in [6, 6.07) is 5.74. The summed E-state index contributed by atoms with van der Waals surface area (Å²) in [5.41, 5.74) is 1.05. The van der Waals surface area contributed by atoms with Gasteiger partial charge in [-0.05, 0) is 49.6 Å². The molecule has 0 aromatic heterocycles. The van der Waals surface area contributed by atoms with Gasteiger partial charge < -0.3 is 20.5 Å². The second-order valence-electron chi connectivity index (χ2n) is 9.79. The van der Waals surface area contributed by atoms with Crippen molar-refractivity contribution >= 4 is 52.3 Å². The van der Waals surface area contributed by atoms with Crippen molar-refractivity contribution in [3.63, 3.8) is 0 Å². The Bertz CT molecular complexity index is 1060. The molecule has 0 unspecified atom stereocenters. The first kappa shape index (κ1) is 33.2. The minimum Gasteiger partial charge on any atom is -0.506 e. The number of rotatable bonds is 18. The van der Waals surface area contributed by atoms with Crippen molar-refractivity contribution in [2.24, 2.45) is 0 Å². The van der Waals surface area contributed by atoms with E-state index in [0.717, 1.165) is 13.0 Å². The summed E-state index contributed by atoms with van der Waals surface area (Å²) in [5.74, 6) is -1.05. The van der Waals surface area contributed by atoms with Gasteiger partial charge in [0.2, 0.25) is 0 Å². The third-order valence-corrected chi connectivity index (χ3v) is 7.47. The summed E-state index contributed by atoms with van der Waals surface area (Å²) >= 11 is 18.3. The number of halogens is 3. The maximum absolute atomic E-state index is 13.0. The van der Waals surface area contributed by atoms with Gasteiger partial charge in [-0.1, -0.05) is 99.5 Å². The molecule has 0 aliphatic carbocycles. The largest absolute Gasteiger partial charge is 0.506 e. The molecule has 0 aliphatic rings. The smallest absolute Gasteiger partial charge is 0.256 e. The third kappa shape index (κ3) is 12.0. The number of ether oxygens (including phenoxy) is 1. The first-order valence-corrected chi connectivity index (χ1v) is 15.0. The number of phenols is 1. The number of hydrogen-bond donors (Lipinski definition) is 3. The van der Waals surface area contributed by atoms with Crippen LogP contribution in [0.25, 0.3) is 0 Å². The third-order valence-electron chi connectivity index (χ3n) is 6.45. The highest BCUT2D eigenvalue weighted by Crippen LogP contribution is 2.31. The molecule has 6 nitrogen and oxygen atoms in total. The number of hydrogen-bond acceptors (Lipinski definition) is 4. The van der Waals surface area contributed by atoms with Gasteiger partial charge in [0.05, 0.1) is 26.2 Å². The lowest BCUT2D eigenvalue weighted by molar-refractivity contribution is 0.0928. The fourth-order valence-electron chi connectivity index (χ4n) is 4.19. The number of carbonyl (C=O) groups is 2. The average molecular weight is 600 g/mol. The summed E-state index contributed by atoms with van der Waals surface area (Å²) in [6.45, 7) is 5.57. The number of carbonyl (C=O) groups excluding carboxylic acids is 2. The van der Waals surface area contributed by atoms with Crippen LogP contribution in [0.5, 0.6) is 5.75 Å². The predicted molar refractivity (Wildman–Crippen MR) is 162 cm³/mol. The molecular weight excluding hydrogens is 559 g/mol. The van der Waals surface area contributed by atoms with Crippen molar-refractivity contribution in [1.29, 1.82) is 0 Å². The number of nitrogens with one attached hydrogen (secondary N) is 2. The van der Waals surface area contributed by atoms with Gasteiger partial charge in [-0.15, -0.1) is 0 Å². The van der Waals surface area contributed by atoms with Crippen LogP contribution in [0.15, 0.2) is 24.3 Å². The van der Waals surface area contributed by atoms with Gasteiger partial charge in [0.15, 0.2) is 0 Å². The molecule has 0 fully saturated rings. The van der Waals surface area contributed by atoms with Gasteiger partial charge in [0.25, 0.3) is 11.8 Å². The summed E-state index contributed by atoms with van der Waals surface area (Å²) in [5, 5.41) is 15.8. The standard InChI is InChI=1S/C30H41Cl3N2O4/c1-3-4-5-6-7-8-9-10-11-12-15-39-16-13-14-34-29(37)23-19-25(31)26(32)20-24(23)30(38)35-22-17-21(2)28(36)27(33)18-22/h17-20,36H,3-16H2,1-2H3,(H,34,37)(H,35,38). The van der Waals surface area contributed by atoms with Crippen LogP contribution in [0.4, 0.5) is 5.69 Å². The van der Waals surface area contributed by atoms with Crippen molar-refractivity contribution < 1.29 is 19.4 Å². The minimum absolute atomic E-state index is 0.0586. The van der Waals surface area contributed by atoms with Crippen LogP contribution in [0, 0.1) is 6.92 Å². The fraction of sp³-hybridized carbons (Fsp3) is 0.533. The molecule has 0 atom stereocenters. The average Bonchev–Trinajstić information content (AvgIpc) is 2.90. The van der Waals surface area contributed by atoms with Crippen molar-refractivity contribution in [3.8, 4) is 5.75 Å². The second kappa shape index (κ2) is 18.4. The highest BCUT2D eigenvalue weighted by atomic mass is 35.5. The fourth-order valence-corrected chi connectivity index (χ4v) is 4.79. The number of phenolic OH excluding ortho intramolecular Hbond substituents is 1. The van der Waals surface area contributed by atoms with Crippen LogP contribution >= 0.6 is 34.8 Å². The number of unbranched alkanes of at least 4 members (excludes halogenated alkanes) is 9. The molecule has 0 radical (unpaired) electrons. The normalized spacial score (nSPS) is 11.0. The van der Waals surface area contributed by atoms with E-state index in [9.17, 15) is 14.7 Å². The van der Waals surface area contributed by atoms with Crippen molar-refractivity contribution in [2.75, 3.05) is 25.1 Å².